The number of halogens is 3. The van der Waals surface area contributed by atoms with Gasteiger partial charge in [0.2, 0.25) is 15.9 Å². The van der Waals surface area contributed by atoms with Crippen LogP contribution in [0, 0.1) is 5.92 Å². The molecule has 0 saturated heterocycles. The van der Waals surface area contributed by atoms with Crippen molar-refractivity contribution in [3.8, 4) is 0 Å². The van der Waals surface area contributed by atoms with Crippen LogP contribution in [-0.4, -0.2) is 70.8 Å². The molecular weight excluding hydrogens is 659 g/mol. The lowest BCUT2D eigenvalue weighted by Gasteiger charge is -2.25. The lowest BCUT2D eigenvalue weighted by atomic mass is 10.0. The molecule has 1 unspecified atom stereocenters. The highest BCUT2D eigenvalue weighted by molar-refractivity contribution is 7.92. The van der Waals surface area contributed by atoms with E-state index in [0.717, 1.165) is 34.5 Å². The maximum Gasteiger partial charge on any atom is 0.391 e. The van der Waals surface area contributed by atoms with Crippen LogP contribution in [0.4, 0.5) is 18.9 Å². The highest BCUT2D eigenvalue weighted by atomic mass is 32.2. The molecule has 0 bridgehead atoms. The zero-order chi connectivity index (χ0) is 35.8. The monoisotopic (exact) mass is 701 g/mol. The number of anilines is 1. The van der Waals surface area contributed by atoms with Gasteiger partial charge < -0.3 is 21.3 Å². The van der Waals surface area contributed by atoms with Gasteiger partial charge in [0.05, 0.1) is 30.4 Å². The van der Waals surface area contributed by atoms with Crippen LogP contribution in [0.3, 0.4) is 0 Å². The van der Waals surface area contributed by atoms with Crippen LogP contribution in [0.5, 0.6) is 0 Å². The number of nitrogens with zero attached hydrogens (tertiary/aromatic N) is 1. The minimum Gasteiger partial charge on any atom is -0.354 e. The van der Waals surface area contributed by atoms with Crippen molar-refractivity contribution in [3.05, 3.63) is 101 Å². The van der Waals surface area contributed by atoms with Crippen molar-refractivity contribution in [2.45, 2.75) is 56.9 Å². The highest BCUT2D eigenvalue weighted by Crippen LogP contribution is 2.28. The molecule has 0 radical (unpaired) electrons. The van der Waals surface area contributed by atoms with E-state index >= 15 is 0 Å². The molecule has 264 valence electrons. The number of alkyl halides is 3. The molecule has 14 heteroatoms. The summed E-state index contributed by atoms with van der Waals surface area (Å²) in [6.07, 6.45) is -2.99. The van der Waals surface area contributed by atoms with Crippen LogP contribution in [-0.2, 0) is 21.2 Å². The van der Waals surface area contributed by atoms with Crippen molar-refractivity contribution in [1.82, 2.24) is 21.3 Å². The third kappa shape index (κ3) is 11.9. The summed E-state index contributed by atoms with van der Waals surface area (Å²) >= 11 is 0. The minimum absolute atomic E-state index is 0.0243. The van der Waals surface area contributed by atoms with E-state index in [0.29, 0.717) is 6.54 Å². The number of hydrogen-bond acceptors (Lipinski definition) is 6. The van der Waals surface area contributed by atoms with Gasteiger partial charge in [0, 0.05) is 37.3 Å². The Balaban J connectivity index is 1.59. The quantitative estimate of drug-likeness (QED) is 0.175. The Kier molecular flexibility index (Phi) is 12.4. The summed E-state index contributed by atoms with van der Waals surface area (Å²) in [5.41, 5.74) is 1.65. The first kappa shape index (κ1) is 37.4. The standard InChI is InChI=1S/C35H42F3N5O5S/c1-23(26-12-8-5-9-13-26)41-32(44)27-17-28(19-30(18-27)43(2)49(3,47)48)33(45)42-29(16-24-10-6-4-7-11-24)22-39-31(20-35(36,37)38)34(46)40-21-25-14-15-25/h4-13,17-19,23,25,29,31,39H,14-16,20-22H2,1-3H3,(H,40,46)(H,41,44)(H,42,45)/t23-,29+,31?/m1/s1. The van der Waals surface area contributed by atoms with Crippen LogP contribution in [0.2, 0.25) is 0 Å². The summed E-state index contributed by atoms with van der Waals surface area (Å²) in [6.45, 7) is 1.90. The van der Waals surface area contributed by atoms with Gasteiger partial charge in [0.1, 0.15) is 0 Å². The van der Waals surface area contributed by atoms with Crippen molar-refractivity contribution in [2.75, 3.05) is 30.7 Å². The summed E-state index contributed by atoms with van der Waals surface area (Å²) in [5.74, 6) is -1.75. The average Bonchev–Trinajstić information content (AvgIpc) is 3.89. The Bertz CT molecular complexity index is 1700. The molecule has 1 aliphatic rings. The lowest BCUT2D eigenvalue weighted by molar-refractivity contribution is -0.149. The topological polar surface area (TPSA) is 137 Å². The fourth-order valence-electron chi connectivity index (χ4n) is 5.16. The van der Waals surface area contributed by atoms with Gasteiger partial charge in [-0.2, -0.15) is 13.2 Å². The normalized spacial score (nSPS) is 15.1. The fraction of sp³-hybridized carbons (Fsp3) is 0.400. The molecule has 4 rings (SSSR count). The van der Waals surface area contributed by atoms with E-state index in [4.69, 9.17) is 0 Å². The Morgan fingerprint density at radius 2 is 1.47 bits per heavy atom. The molecule has 3 amide bonds. The third-order valence-corrected chi connectivity index (χ3v) is 9.44. The van der Waals surface area contributed by atoms with E-state index in [2.05, 4.69) is 21.3 Å². The third-order valence-electron chi connectivity index (χ3n) is 8.24. The maximum absolute atomic E-state index is 13.8. The predicted molar refractivity (Wildman–Crippen MR) is 182 cm³/mol. The number of benzene rings is 3. The molecule has 3 aromatic rings. The Hall–Kier alpha value is -4.43. The molecule has 1 saturated carbocycles. The molecule has 0 aromatic heterocycles. The minimum atomic E-state index is -4.62. The fourth-order valence-corrected chi connectivity index (χ4v) is 5.65. The zero-order valence-electron chi connectivity index (χ0n) is 27.6. The number of hydrogen-bond donors (Lipinski definition) is 4. The van der Waals surface area contributed by atoms with Crippen LogP contribution < -0.4 is 25.6 Å². The highest BCUT2D eigenvalue weighted by Gasteiger charge is 2.36. The summed E-state index contributed by atoms with van der Waals surface area (Å²) in [7, 11) is -2.50. The van der Waals surface area contributed by atoms with Crippen molar-refractivity contribution in [3.63, 3.8) is 0 Å². The Labute approximate surface area is 284 Å². The summed E-state index contributed by atoms with van der Waals surface area (Å²) in [5, 5.41) is 11.0. The van der Waals surface area contributed by atoms with Gasteiger partial charge in [-0.1, -0.05) is 60.7 Å². The second-order valence-corrected chi connectivity index (χ2v) is 14.4. The lowest BCUT2D eigenvalue weighted by Crippen LogP contribution is -2.52. The number of carbonyl (C=O) groups excluding carboxylic acids is 3. The number of sulfonamides is 1. The number of amides is 3. The summed E-state index contributed by atoms with van der Waals surface area (Å²) in [4.78, 5) is 39.9. The molecule has 1 aliphatic carbocycles. The number of carbonyl (C=O) groups is 3. The van der Waals surface area contributed by atoms with E-state index in [9.17, 15) is 36.0 Å². The molecule has 0 heterocycles. The van der Waals surface area contributed by atoms with Crippen molar-refractivity contribution in [1.29, 1.82) is 0 Å². The van der Waals surface area contributed by atoms with Gasteiger partial charge in [-0.3, -0.25) is 18.7 Å². The van der Waals surface area contributed by atoms with E-state index in [1.807, 2.05) is 30.3 Å². The van der Waals surface area contributed by atoms with Crippen molar-refractivity contribution in [2.24, 2.45) is 5.92 Å². The van der Waals surface area contributed by atoms with E-state index in [-0.39, 0.29) is 35.7 Å². The van der Waals surface area contributed by atoms with Gasteiger partial charge in [-0.05, 0) is 61.4 Å². The van der Waals surface area contributed by atoms with Gasteiger partial charge >= 0.3 is 6.18 Å². The number of nitrogens with one attached hydrogen (secondary N) is 4. The van der Waals surface area contributed by atoms with E-state index < -0.39 is 58.5 Å². The second kappa shape index (κ2) is 16.3. The van der Waals surface area contributed by atoms with Crippen LogP contribution >= 0.6 is 0 Å². The molecule has 0 spiro atoms. The zero-order valence-corrected chi connectivity index (χ0v) is 28.4. The molecule has 1 fully saturated rings. The largest absolute Gasteiger partial charge is 0.391 e. The van der Waals surface area contributed by atoms with Gasteiger partial charge in [-0.15, -0.1) is 0 Å². The molecule has 3 atom stereocenters. The average molecular weight is 702 g/mol. The summed E-state index contributed by atoms with van der Waals surface area (Å²) in [6, 6.07) is 19.4. The Morgan fingerprint density at radius 1 is 0.898 bits per heavy atom. The van der Waals surface area contributed by atoms with Gasteiger partial charge in [0.25, 0.3) is 11.8 Å². The molecule has 0 aliphatic heterocycles. The molecule has 4 N–H and O–H groups in total. The van der Waals surface area contributed by atoms with E-state index in [1.54, 1.807) is 37.3 Å². The first-order chi connectivity index (χ1) is 23.1. The molecule has 10 nitrogen and oxygen atoms in total. The van der Waals surface area contributed by atoms with Crippen LogP contribution in [0.15, 0.2) is 78.9 Å². The molecule has 49 heavy (non-hydrogen) atoms. The molecule has 3 aromatic carbocycles. The van der Waals surface area contributed by atoms with Crippen molar-refractivity contribution < 1.29 is 36.0 Å². The molecular formula is C35H42F3N5O5S. The van der Waals surface area contributed by atoms with Crippen molar-refractivity contribution >= 4 is 33.4 Å². The SMILES string of the molecule is C[C@@H](NC(=O)c1cc(C(=O)N[C@H](CNC(CC(F)(F)F)C(=O)NCC2CC2)Cc2ccccc2)cc(N(C)S(C)(=O)=O)c1)c1ccccc1. The summed E-state index contributed by atoms with van der Waals surface area (Å²) < 4.78 is 66.2. The van der Waals surface area contributed by atoms with E-state index in [1.165, 1.54) is 25.2 Å². The first-order valence-corrected chi connectivity index (χ1v) is 17.8. The maximum atomic E-state index is 13.8. The second-order valence-electron chi connectivity index (χ2n) is 12.4. The first-order valence-electron chi connectivity index (χ1n) is 16.0. The number of rotatable bonds is 16. The van der Waals surface area contributed by atoms with Gasteiger partial charge in [-0.25, -0.2) is 8.42 Å². The smallest absolute Gasteiger partial charge is 0.354 e. The predicted octanol–water partition coefficient (Wildman–Crippen LogP) is 4.35. The van der Waals surface area contributed by atoms with Crippen LogP contribution in [0.1, 0.15) is 64.1 Å². The van der Waals surface area contributed by atoms with Crippen LogP contribution in [0.25, 0.3) is 0 Å². The van der Waals surface area contributed by atoms with Gasteiger partial charge in [0.15, 0.2) is 0 Å². The Morgan fingerprint density at radius 3 is 2.02 bits per heavy atom.